The summed E-state index contributed by atoms with van der Waals surface area (Å²) >= 11 is 0. The standard InChI is InChI=1S/C24H21F2N3/c1-3-16-7-9-20(23(16)21-13-17(25)8-10-22(21)26)24-15(2)11-12-29(28-24)19-6-4-5-18(27)14-19/h4-14,23H,2-3,27H2,1H3. The molecule has 2 N–H and O–H groups in total. The first-order valence-corrected chi connectivity index (χ1v) is 9.44. The topological polar surface area (TPSA) is 41.6 Å². The molecule has 2 aliphatic rings. The van der Waals surface area contributed by atoms with Crippen molar-refractivity contribution in [3.63, 3.8) is 0 Å². The number of hydrazone groups is 1. The zero-order valence-electron chi connectivity index (χ0n) is 16.1. The van der Waals surface area contributed by atoms with Gasteiger partial charge in [0.05, 0.1) is 11.4 Å². The SMILES string of the molecule is C=C1C=CN(c2cccc(N)c2)N=C1C1=CC=C(CC)C1c1cc(F)ccc1F. The van der Waals surface area contributed by atoms with Crippen LogP contribution in [-0.2, 0) is 0 Å². The summed E-state index contributed by atoms with van der Waals surface area (Å²) in [5.41, 5.74) is 10.8. The molecule has 2 aromatic carbocycles. The first kappa shape index (κ1) is 18.9. The van der Waals surface area contributed by atoms with Crippen LogP contribution in [-0.4, -0.2) is 5.71 Å². The summed E-state index contributed by atoms with van der Waals surface area (Å²) in [4.78, 5) is 0. The minimum Gasteiger partial charge on any atom is -0.399 e. The maximum atomic E-state index is 14.6. The molecule has 1 heterocycles. The predicted molar refractivity (Wildman–Crippen MR) is 115 cm³/mol. The van der Waals surface area contributed by atoms with E-state index in [9.17, 15) is 8.78 Å². The Morgan fingerprint density at radius 2 is 1.97 bits per heavy atom. The number of nitrogens with two attached hydrogens (primary N) is 1. The minimum absolute atomic E-state index is 0.308. The molecule has 3 nitrogen and oxygen atoms in total. The Bertz CT molecular complexity index is 1110. The van der Waals surface area contributed by atoms with Gasteiger partial charge in [-0.05, 0) is 60.0 Å². The molecule has 4 rings (SSSR count). The third-order valence-corrected chi connectivity index (χ3v) is 5.17. The zero-order valence-corrected chi connectivity index (χ0v) is 16.1. The van der Waals surface area contributed by atoms with Gasteiger partial charge in [-0.3, -0.25) is 0 Å². The van der Waals surface area contributed by atoms with Crippen molar-refractivity contribution in [1.82, 2.24) is 0 Å². The summed E-state index contributed by atoms with van der Waals surface area (Å²) < 4.78 is 28.5. The van der Waals surface area contributed by atoms with Crippen molar-refractivity contribution in [1.29, 1.82) is 0 Å². The van der Waals surface area contributed by atoms with Gasteiger partial charge in [0.2, 0.25) is 0 Å². The highest BCUT2D eigenvalue weighted by atomic mass is 19.1. The highest BCUT2D eigenvalue weighted by Crippen LogP contribution is 2.42. The van der Waals surface area contributed by atoms with E-state index in [0.717, 1.165) is 29.3 Å². The second-order valence-electron chi connectivity index (χ2n) is 7.05. The van der Waals surface area contributed by atoms with Gasteiger partial charge in [-0.25, -0.2) is 13.8 Å². The molecular weight excluding hydrogens is 368 g/mol. The van der Waals surface area contributed by atoms with Crippen molar-refractivity contribution in [3.8, 4) is 0 Å². The smallest absolute Gasteiger partial charge is 0.127 e. The van der Waals surface area contributed by atoms with Gasteiger partial charge in [0, 0.05) is 23.4 Å². The third-order valence-electron chi connectivity index (χ3n) is 5.17. The lowest BCUT2D eigenvalue weighted by Gasteiger charge is -2.26. The molecule has 0 fully saturated rings. The van der Waals surface area contributed by atoms with Gasteiger partial charge >= 0.3 is 0 Å². The van der Waals surface area contributed by atoms with Gasteiger partial charge < -0.3 is 5.73 Å². The number of hydrogen-bond acceptors (Lipinski definition) is 3. The van der Waals surface area contributed by atoms with Crippen LogP contribution in [0, 0.1) is 11.6 Å². The van der Waals surface area contributed by atoms with Crippen LogP contribution < -0.4 is 10.7 Å². The number of nitrogens with zero attached hydrogens (tertiary/aromatic N) is 2. The van der Waals surface area contributed by atoms with E-state index in [4.69, 9.17) is 10.8 Å². The zero-order chi connectivity index (χ0) is 20.5. The summed E-state index contributed by atoms with van der Waals surface area (Å²) in [7, 11) is 0. The van der Waals surface area contributed by atoms with E-state index in [0.29, 0.717) is 22.5 Å². The lowest BCUT2D eigenvalue weighted by molar-refractivity contribution is 0.581. The first-order chi connectivity index (χ1) is 14.0. The molecular formula is C24H21F2N3. The van der Waals surface area contributed by atoms with Gasteiger partial charge in [-0.15, -0.1) is 0 Å². The Morgan fingerprint density at radius 3 is 2.72 bits per heavy atom. The third kappa shape index (κ3) is 3.51. The number of allylic oxidation sites excluding steroid dienone is 6. The number of benzene rings is 2. The normalized spacial score (nSPS) is 18.6. The Hall–Kier alpha value is -3.47. The van der Waals surface area contributed by atoms with Crippen LogP contribution in [0.25, 0.3) is 0 Å². The Kier molecular flexibility index (Phi) is 4.89. The highest BCUT2D eigenvalue weighted by molar-refractivity contribution is 6.16. The van der Waals surface area contributed by atoms with E-state index in [1.54, 1.807) is 11.1 Å². The number of anilines is 2. The van der Waals surface area contributed by atoms with Crippen LogP contribution in [0.2, 0.25) is 0 Å². The quantitative estimate of drug-likeness (QED) is 0.666. The minimum atomic E-state index is -0.464. The number of rotatable bonds is 4. The van der Waals surface area contributed by atoms with Gasteiger partial charge in [0.1, 0.15) is 11.6 Å². The van der Waals surface area contributed by atoms with Crippen LogP contribution in [0.3, 0.4) is 0 Å². The average molecular weight is 389 g/mol. The second-order valence-corrected chi connectivity index (χ2v) is 7.05. The summed E-state index contributed by atoms with van der Waals surface area (Å²) in [6.45, 7) is 6.11. The fourth-order valence-electron chi connectivity index (χ4n) is 3.73. The summed E-state index contributed by atoms with van der Waals surface area (Å²) in [5.74, 6) is -1.30. The van der Waals surface area contributed by atoms with Crippen molar-refractivity contribution >= 4 is 17.1 Å². The molecule has 0 saturated heterocycles. The van der Waals surface area contributed by atoms with Crippen LogP contribution >= 0.6 is 0 Å². The molecule has 29 heavy (non-hydrogen) atoms. The fourth-order valence-corrected chi connectivity index (χ4v) is 3.73. The van der Waals surface area contributed by atoms with Gasteiger partial charge in [0.25, 0.3) is 0 Å². The lowest BCUT2D eigenvalue weighted by atomic mass is 9.83. The largest absolute Gasteiger partial charge is 0.399 e. The summed E-state index contributed by atoms with van der Waals surface area (Å²) in [6, 6.07) is 11.0. The van der Waals surface area contributed by atoms with E-state index in [1.165, 1.54) is 12.1 Å². The maximum absolute atomic E-state index is 14.6. The van der Waals surface area contributed by atoms with Crippen LogP contribution in [0.1, 0.15) is 24.8 Å². The number of hydrogen-bond donors (Lipinski definition) is 1. The van der Waals surface area contributed by atoms with Gasteiger partial charge in [0.15, 0.2) is 0 Å². The summed E-state index contributed by atoms with van der Waals surface area (Å²) in [5, 5.41) is 6.46. The molecule has 1 unspecified atom stereocenters. The number of nitrogen functional groups attached to an aromatic ring is 1. The molecule has 0 bridgehead atoms. The van der Waals surface area contributed by atoms with Crippen molar-refractivity contribution in [3.05, 3.63) is 107 Å². The molecule has 0 spiro atoms. The molecule has 0 saturated carbocycles. The Labute approximate surface area is 168 Å². The van der Waals surface area contributed by atoms with E-state index < -0.39 is 17.6 Å². The monoisotopic (exact) mass is 389 g/mol. The molecule has 146 valence electrons. The van der Waals surface area contributed by atoms with Gasteiger partial charge in [-0.2, -0.15) is 5.10 Å². The van der Waals surface area contributed by atoms with E-state index in [2.05, 4.69) is 6.58 Å². The Morgan fingerprint density at radius 1 is 1.14 bits per heavy atom. The molecule has 1 atom stereocenters. The molecule has 1 aliphatic heterocycles. The fraction of sp³-hybridized carbons (Fsp3) is 0.125. The summed E-state index contributed by atoms with van der Waals surface area (Å²) in [6.07, 6.45) is 8.27. The molecule has 0 amide bonds. The molecule has 0 radical (unpaired) electrons. The van der Waals surface area contributed by atoms with Crippen molar-refractivity contribution in [2.24, 2.45) is 5.10 Å². The van der Waals surface area contributed by atoms with Gasteiger partial charge in [-0.1, -0.05) is 37.3 Å². The second kappa shape index (κ2) is 7.51. The average Bonchev–Trinajstić information content (AvgIpc) is 3.14. The van der Waals surface area contributed by atoms with Crippen molar-refractivity contribution in [2.45, 2.75) is 19.3 Å². The van der Waals surface area contributed by atoms with E-state index in [-0.39, 0.29) is 0 Å². The number of halogens is 2. The van der Waals surface area contributed by atoms with Crippen molar-refractivity contribution in [2.75, 3.05) is 10.7 Å². The van der Waals surface area contributed by atoms with Crippen molar-refractivity contribution < 1.29 is 8.78 Å². The van der Waals surface area contributed by atoms with Crippen LogP contribution in [0.5, 0.6) is 0 Å². The molecule has 2 aromatic rings. The predicted octanol–water partition coefficient (Wildman–Crippen LogP) is 5.85. The van der Waals surface area contributed by atoms with Crippen LogP contribution in [0.4, 0.5) is 20.2 Å². The molecule has 1 aliphatic carbocycles. The Balaban J connectivity index is 1.77. The van der Waals surface area contributed by atoms with Crippen LogP contribution in [0.15, 0.2) is 95.3 Å². The maximum Gasteiger partial charge on any atom is 0.127 e. The van der Waals surface area contributed by atoms with E-state index in [1.807, 2.05) is 49.6 Å². The molecule has 5 heteroatoms. The lowest BCUT2D eigenvalue weighted by Crippen LogP contribution is -2.22. The molecule has 0 aromatic heterocycles. The first-order valence-electron chi connectivity index (χ1n) is 9.44. The highest BCUT2D eigenvalue weighted by Gasteiger charge is 2.31. The van der Waals surface area contributed by atoms with E-state index >= 15 is 0 Å².